The first-order valence-corrected chi connectivity index (χ1v) is 23.3. The molecule has 2 amide bonds. The summed E-state index contributed by atoms with van der Waals surface area (Å²) in [7, 11) is 0. The zero-order valence-corrected chi connectivity index (χ0v) is 40.2. The molecule has 0 saturated carbocycles. The molecule has 6 aromatic rings. The number of rotatable bonds is 18. The number of nitrogens with zero attached hydrogens (tertiary/aromatic N) is 1. The Morgan fingerprint density at radius 2 is 0.747 bits per heavy atom. The summed E-state index contributed by atoms with van der Waals surface area (Å²) in [5.41, 5.74) is 3.41. The van der Waals surface area contributed by atoms with Crippen LogP contribution in [0.2, 0.25) is 0 Å². The van der Waals surface area contributed by atoms with E-state index in [0.29, 0.717) is 23.2 Å². The third-order valence-electron chi connectivity index (χ3n) is 11.6. The van der Waals surface area contributed by atoms with E-state index in [1.165, 1.54) is 84.9 Å². The first kappa shape index (κ1) is 67.8. The molecule has 6 aromatic carbocycles. The highest BCUT2D eigenvalue weighted by atomic mass is 16.6. The zero-order chi connectivity index (χ0) is 52.0. The molecule has 3 unspecified atom stereocenters. The minimum atomic E-state index is -0.691. The molecule has 1 aliphatic rings. The molecule has 418 valence electrons. The van der Waals surface area contributed by atoms with Gasteiger partial charge in [0, 0.05) is 18.1 Å². The van der Waals surface area contributed by atoms with Gasteiger partial charge in [0.25, 0.3) is 0 Å². The number of hydrogen-bond acceptors (Lipinski definition) is 14. The van der Waals surface area contributed by atoms with Gasteiger partial charge < -0.3 is 28.4 Å². The van der Waals surface area contributed by atoms with Gasteiger partial charge in [0.15, 0.2) is 0 Å². The number of anilines is 1. The summed E-state index contributed by atoms with van der Waals surface area (Å²) in [6, 6.07) is 37.3. The van der Waals surface area contributed by atoms with E-state index in [1.807, 2.05) is 6.92 Å². The number of ether oxygens (including phenoxy) is 6. The normalized spacial score (nSPS) is 13.5. The summed E-state index contributed by atoms with van der Waals surface area (Å²) in [5.74, 6) is -5.13. The van der Waals surface area contributed by atoms with E-state index in [1.54, 1.807) is 106 Å². The summed E-state index contributed by atoms with van der Waals surface area (Å²) >= 11 is 0. The van der Waals surface area contributed by atoms with Crippen molar-refractivity contribution in [3.05, 3.63) is 197 Å². The van der Waals surface area contributed by atoms with Gasteiger partial charge in [0.2, 0.25) is 11.8 Å². The molecule has 0 aromatic heterocycles. The maximum Gasteiger partial charge on any atom is 0.343 e. The van der Waals surface area contributed by atoms with Gasteiger partial charge in [-0.25, -0.2) is 28.8 Å². The largest absolute Gasteiger partial charge is 0.463 e. The quantitative estimate of drug-likeness (QED) is 0.0341. The van der Waals surface area contributed by atoms with Crippen molar-refractivity contribution in [2.75, 3.05) is 18.1 Å². The maximum absolute atomic E-state index is 14.1. The van der Waals surface area contributed by atoms with Crippen molar-refractivity contribution < 1.29 is 66.8 Å². The van der Waals surface area contributed by atoms with Gasteiger partial charge in [-0.2, -0.15) is 0 Å². The van der Waals surface area contributed by atoms with Crippen LogP contribution in [0.5, 0.6) is 23.0 Å². The van der Waals surface area contributed by atoms with Crippen LogP contribution < -0.4 is 23.8 Å². The molecule has 15 heteroatoms. The number of hydrogen-bond donors (Lipinski definition) is 0. The van der Waals surface area contributed by atoms with E-state index < -0.39 is 47.7 Å². The zero-order valence-electron chi connectivity index (χ0n) is 40.2. The van der Waals surface area contributed by atoms with Crippen LogP contribution in [0.3, 0.4) is 0 Å². The van der Waals surface area contributed by atoms with Crippen molar-refractivity contribution in [2.45, 2.75) is 84.6 Å². The van der Waals surface area contributed by atoms with Crippen molar-refractivity contribution in [1.82, 2.24) is 0 Å². The first-order chi connectivity index (χ1) is 35.2. The number of carbonyl (C=O) groups excluding carboxylic acids is 8. The minimum absolute atomic E-state index is 0. The monoisotopic (exact) mass is 1080 g/mol. The van der Waals surface area contributed by atoms with Crippen LogP contribution in [0.15, 0.2) is 158 Å². The molecule has 0 bridgehead atoms. The third-order valence-corrected chi connectivity index (χ3v) is 11.6. The molecule has 0 spiro atoms. The Balaban J connectivity index is 0.00000520. The van der Waals surface area contributed by atoms with E-state index in [-0.39, 0.29) is 121 Å². The van der Waals surface area contributed by atoms with Crippen molar-refractivity contribution >= 4 is 65.5 Å². The second kappa shape index (κ2) is 31.7. The van der Waals surface area contributed by atoms with Crippen LogP contribution >= 0.6 is 0 Å². The Bertz CT molecular complexity index is 3050. The summed E-state index contributed by atoms with van der Waals surface area (Å²) < 4.78 is 31.8. The second-order valence-corrected chi connectivity index (χ2v) is 16.4. The lowest BCUT2D eigenvalue weighted by atomic mass is 9.78. The van der Waals surface area contributed by atoms with E-state index >= 15 is 0 Å². The Hall–Kier alpha value is -9.24. The van der Waals surface area contributed by atoms with E-state index in [4.69, 9.17) is 28.4 Å². The van der Waals surface area contributed by atoms with Gasteiger partial charge in [-0.1, -0.05) is 94.8 Å². The summed E-state index contributed by atoms with van der Waals surface area (Å²) in [6.07, 6.45) is 6.26. The third kappa shape index (κ3) is 17.4. The first-order valence-electron chi connectivity index (χ1n) is 23.3. The number of carbonyl (C=O) groups is 8. The fourth-order valence-electron chi connectivity index (χ4n) is 7.90. The Kier molecular flexibility index (Phi) is 27.2. The predicted octanol–water partition coefficient (Wildman–Crippen LogP) is 13.9. The Labute approximate surface area is 464 Å². The Morgan fingerprint density at radius 3 is 1.06 bits per heavy atom. The minimum Gasteiger partial charge on any atom is -0.463 e. The number of amides is 2. The standard InChI is InChI=1S/C58H49NO14.6CH4/c1-5-49(39-18-26-45(27-19-39)70-57(66)42-20-28-46(29-21-42)71-55(64)40-14-8-37(9-15-40)12-34-50(60)68-6-2)52-36(4)53(62)59(54(52)63)44-24-32-48(33-25-44)73-58(67)43-22-30-47(31-23-43)72-56(65)41-16-10-38(11-17-41)13-35-51(61)69-7-3;;;;;;/h8-36,49,52H,5-7H2,1-4H3;6*1H4/b34-12+,35-13+;;;;;;. The summed E-state index contributed by atoms with van der Waals surface area (Å²) in [5, 5.41) is 0. The molecule has 7 rings (SSSR count). The van der Waals surface area contributed by atoms with Gasteiger partial charge in [0.05, 0.1) is 47.1 Å². The van der Waals surface area contributed by atoms with Crippen molar-refractivity contribution in [3.8, 4) is 23.0 Å². The van der Waals surface area contributed by atoms with Gasteiger partial charge in [0.1, 0.15) is 23.0 Å². The average Bonchev–Trinajstić information content (AvgIpc) is 3.62. The van der Waals surface area contributed by atoms with Crippen molar-refractivity contribution in [3.63, 3.8) is 0 Å². The van der Waals surface area contributed by atoms with Crippen LogP contribution in [0.25, 0.3) is 12.2 Å². The molecule has 1 fully saturated rings. The molecule has 15 nitrogen and oxygen atoms in total. The van der Waals surface area contributed by atoms with Crippen molar-refractivity contribution in [2.24, 2.45) is 11.8 Å². The molecule has 3 atom stereocenters. The predicted molar refractivity (Wildman–Crippen MR) is 308 cm³/mol. The molecule has 0 N–H and O–H groups in total. The number of esters is 6. The van der Waals surface area contributed by atoms with Crippen LogP contribution in [-0.2, 0) is 28.7 Å². The van der Waals surface area contributed by atoms with Gasteiger partial charge in [-0.15, -0.1) is 0 Å². The van der Waals surface area contributed by atoms with E-state index in [0.717, 1.165) is 10.5 Å². The van der Waals surface area contributed by atoms with Crippen LogP contribution in [0, 0.1) is 11.8 Å². The number of imide groups is 1. The molecule has 1 heterocycles. The average molecular weight is 1080 g/mol. The van der Waals surface area contributed by atoms with Crippen LogP contribution in [-0.4, -0.2) is 60.8 Å². The fraction of sp³-hybridized carbons (Fsp3) is 0.250. The molecule has 1 aliphatic heterocycles. The molecular formula is C64H73NO14. The van der Waals surface area contributed by atoms with Crippen LogP contribution in [0.1, 0.15) is 143 Å². The highest BCUT2D eigenvalue weighted by molar-refractivity contribution is 6.22. The Morgan fingerprint density at radius 1 is 0.443 bits per heavy atom. The molecule has 0 radical (unpaired) electrons. The topological polar surface area (TPSA) is 195 Å². The summed E-state index contributed by atoms with van der Waals surface area (Å²) in [6.45, 7) is 7.60. The van der Waals surface area contributed by atoms with Gasteiger partial charge >= 0.3 is 35.8 Å². The molecular weight excluding hydrogens is 1010 g/mol. The lowest BCUT2D eigenvalue weighted by Crippen LogP contribution is -2.31. The van der Waals surface area contributed by atoms with Gasteiger partial charge in [-0.3, -0.25) is 14.5 Å². The molecule has 1 saturated heterocycles. The van der Waals surface area contributed by atoms with Gasteiger partial charge in [-0.05, 0) is 164 Å². The fourth-order valence-corrected chi connectivity index (χ4v) is 7.90. The summed E-state index contributed by atoms with van der Waals surface area (Å²) in [4.78, 5) is 104. The van der Waals surface area contributed by atoms with Crippen LogP contribution in [0.4, 0.5) is 5.69 Å². The lowest BCUT2D eigenvalue weighted by molar-refractivity contribution is -0.138. The number of benzene rings is 6. The SMILES string of the molecule is C.C.C.C.C.C.CCOC(=O)/C=C/c1ccc(C(=O)Oc2ccc(C(=O)Oc3ccc(C(CC)C4C(=O)N(c5ccc(OC(=O)c6ccc(OC(=O)c7ccc(/C=C/C(=O)OCC)cc7)cc6)cc5)C(=O)C4C)cc3)cc2)cc1. The second-order valence-electron chi connectivity index (χ2n) is 16.4. The highest BCUT2D eigenvalue weighted by Gasteiger charge is 2.49. The van der Waals surface area contributed by atoms with E-state index in [9.17, 15) is 38.4 Å². The smallest absolute Gasteiger partial charge is 0.343 e. The lowest BCUT2D eigenvalue weighted by Gasteiger charge is -2.24. The van der Waals surface area contributed by atoms with Crippen molar-refractivity contribution in [1.29, 1.82) is 0 Å². The molecule has 79 heavy (non-hydrogen) atoms. The molecule has 0 aliphatic carbocycles. The van der Waals surface area contributed by atoms with E-state index in [2.05, 4.69) is 0 Å². The maximum atomic E-state index is 14.1. The highest BCUT2D eigenvalue weighted by Crippen LogP contribution is 2.42.